The Morgan fingerprint density at radius 1 is 1.18 bits per heavy atom. The molecule has 0 bridgehead atoms. The van der Waals surface area contributed by atoms with Gasteiger partial charge in [-0.25, -0.2) is 9.97 Å². The Morgan fingerprint density at radius 2 is 1.93 bits per heavy atom. The van der Waals surface area contributed by atoms with E-state index in [1.54, 1.807) is 25.4 Å². The number of rotatable bonds is 4. The van der Waals surface area contributed by atoms with Gasteiger partial charge in [0.15, 0.2) is 0 Å². The number of amides is 1. The average molecular weight is 378 g/mol. The molecule has 0 atom stereocenters. The summed E-state index contributed by atoms with van der Waals surface area (Å²) in [5, 5.41) is 0. The number of hydrogen-bond donors (Lipinski definition) is 0. The lowest BCUT2D eigenvalue weighted by molar-refractivity contribution is 0.0679. The highest BCUT2D eigenvalue weighted by Crippen LogP contribution is 2.25. The summed E-state index contributed by atoms with van der Waals surface area (Å²) in [5.41, 5.74) is 5.35. The number of benzene rings is 1. The molecule has 1 amide bonds. The number of likely N-dealkylation sites (tertiary alicyclic amines) is 1. The van der Waals surface area contributed by atoms with Gasteiger partial charge in [0.05, 0.1) is 24.5 Å². The van der Waals surface area contributed by atoms with E-state index in [-0.39, 0.29) is 5.91 Å². The molecule has 1 fully saturated rings. The van der Waals surface area contributed by atoms with E-state index in [9.17, 15) is 4.79 Å². The van der Waals surface area contributed by atoms with Gasteiger partial charge in [0.25, 0.3) is 5.91 Å². The molecule has 1 aliphatic heterocycles. The van der Waals surface area contributed by atoms with Crippen LogP contribution in [0.4, 0.5) is 0 Å². The second-order valence-corrected chi connectivity index (χ2v) is 7.62. The molecule has 1 aliphatic rings. The molecule has 0 unspecified atom stereocenters. The summed E-state index contributed by atoms with van der Waals surface area (Å²) in [6.45, 7) is 6.72. The minimum atomic E-state index is 0.00239. The van der Waals surface area contributed by atoms with Crippen LogP contribution in [0.15, 0.2) is 36.8 Å². The number of carbonyl (C=O) groups excluding carboxylic acids is 1. The fourth-order valence-corrected chi connectivity index (χ4v) is 3.94. The number of pyridine rings is 1. The van der Waals surface area contributed by atoms with Crippen LogP contribution in [0.25, 0.3) is 11.0 Å². The quantitative estimate of drug-likeness (QED) is 0.696. The van der Waals surface area contributed by atoms with Gasteiger partial charge < -0.3 is 14.2 Å². The number of methoxy groups -OCH3 is 1. The topological polar surface area (TPSA) is 60.2 Å². The minimum Gasteiger partial charge on any atom is -0.480 e. The molecule has 6 nitrogen and oxygen atoms in total. The summed E-state index contributed by atoms with van der Waals surface area (Å²) in [7, 11) is 1.55. The molecule has 1 aromatic carbocycles. The molecule has 146 valence electrons. The first-order valence-electron chi connectivity index (χ1n) is 9.77. The van der Waals surface area contributed by atoms with Gasteiger partial charge in [-0.2, -0.15) is 0 Å². The largest absolute Gasteiger partial charge is 0.480 e. The van der Waals surface area contributed by atoms with Crippen molar-refractivity contribution in [2.45, 2.75) is 33.2 Å². The molecule has 0 saturated carbocycles. The Bertz CT molecular complexity index is 1000. The first-order valence-corrected chi connectivity index (χ1v) is 9.77. The molecular formula is C22H26N4O2. The van der Waals surface area contributed by atoms with Gasteiger partial charge in [-0.15, -0.1) is 0 Å². The highest BCUT2D eigenvalue weighted by Gasteiger charge is 2.26. The van der Waals surface area contributed by atoms with Gasteiger partial charge in [0.2, 0.25) is 5.88 Å². The zero-order valence-corrected chi connectivity index (χ0v) is 16.7. The first kappa shape index (κ1) is 18.5. The second-order valence-electron chi connectivity index (χ2n) is 7.62. The normalized spacial score (nSPS) is 15.2. The smallest absolute Gasteiger partial charge is 0.259 e. The van der Waals surface area contributed by atoms with E-state index in [2.05, 4.69) is 40.5 Å². The SMILES string of the molecule is COc1ncccc1C(=O)N1CCC(Cn2cnc3cc(C)c(C)cc32)CC1. The van der Waals surface area contributed by atoms with E-state index in [0.29, 0.717) is 17.4 Å². The molecule has 0 aliphatic carbocycles. The van der Waals surface area contributed by atoms with Gasteiger partial charge >= 0.3 is 0 Å². The summed E-state index contributed by atoms with van der Waals surface area (Å²) >= 11 is 0. The van der Waals surface area contributed by atoms with Gasteiger partial charge in [0, 0.05) is 25.8 Å². The Hall–Kier alpha value is -2.89. The van der Waals surface area contributed by atoms with Gasteiger partial charge in [-0.3, -0.25) is 4.79 Å². The van der Waals surface area contributed by atoms with Crippen molar-refractivity contribution < 1.29 is 9.53 Å². The molecule has 4 rings (SSSR count). The average Bonchev–Trinajstić information content (AvgIpc) is 3.09. The number of nitrogens with zero attached hydrogens (tertiary/aromatic N) is 4. The monoisotopic (exact) mass is 378 g/mol. The van der Waals surface area contributed by atoms with Crippen molar-refractivity contribution in [1.29, 1.82) is 0 Å². The summed E-state index contributed by atoms with van der Waals surface area (Å²) in [6, 6.07) is 7.94. The van der Waals surface area contributed by atoms with Crippen molar-refractivity contribution in [2.75, 3.05) is 20.2 Å². The molecule has 1 saturated heterocycles. The van der Waals surface area contributed by atoms with Crippen LogP contribution in [-0.4, -0.2) is 45.5 Å². The lowest BCUT2D eigenvalue weighted by Crippen LogP contribution is -2.39. The molecule has 28 heavy (non-hydrogen) atoms. The number of aryl methyl sites for hydroxylation is 2. The molecule has 3 aromatic rings. The molecular weight excluding hydrogens is 352 g/mol. The number of ether oxygens (including phenoxy) is 1. The maximum atomic E-state index is 12.8. The third-order valence-electron chi connectivity index (χ3n) is 5.79. The Labute approximate surface area is 165 Å². The van der Waals surface area contributed by atoms with Crippen molar-refractivity contribution in [2.24, 2.45) is 5.92 Å². The third-order valence-corrected chi connectivity index (χ3v) is 5.79. The van der Waals surface area contributed by atoms with Gasteiger partial charge in [-0.05, 0) is 68.0 Å². The maximum absolute atomic E-state index is 12.8. The van der Waals surface area contributed by atoms with Crippen molar-refractivity contribution >= 4 is 16.9 Å². The fourth-order valence-electron chi connectivity index (χ4n) is 3.94. The fraction of sp³-hybridized carbons (Fsp3) is 0.409. The third kappa shape index (κ3) is 3.46. The second kappa shape index (κ2) is 7.62. The van der Waals surface area contributed by atoms with Gasteiger partial charge in [0.1, 0.15) is 5.56 Å². The predicted octanol–water partition coefficient (Wildman–Crippen LogP) is 3.61. The van der Waals surface area contributed by atoms with Crippen LogP contribution in [0.5, 0.6) is 5.88 Å². The van der Waals surface area contributed by atoms with E-state index in [1.165, 1.54) is 16.6 Å². The number of hydrogen-bond acceptors (Lipinski definition) is 4. The van der Waals surface area contributed by atoms with Crippen LogP contribution >= 0.6 is 0 Å². The van der Waals surface area contributed by atoms with Crippen molar-refractivity contribution in [3.63, 3.8) is 0 Å². The summed E-state index contributed by atoms with van der Waals surface area (Å²) in [6.07, 6.45) is 5.56. The van der Waals surface area contributed by atoms with E-state index in [0.717, 1.165) is 38.0 Å². The Balaban J connectivity index is 1.42. The Kier molecular flexibility index (Phi) is 5.03. The van der Waals surface area contributed by atoms with E-state index >= 15 is 0 Å². The lowest BCUT2D eigenvalue weighted by Gasteiger charge is -2.32. The van der Waals surface area contributed by atoms with Crippen molar-refractivity contribution in [3.8, 4) is 5.88 Å². The van der Waals surface area contributed by atoms with E-state index < -0.39 is 0 Å². The predicted molar refractivity (Wildman–Crippen MR) is 109 cm³/mol. The molecule has 0 spiro atoms. The molecule has 0 N–H and O–H groups in total. The van der Waals surface area contributed by atoms with Crippen LogP contribution in [0, 0.1) is 19.8 Å². The number of imidazole rings is 1. The van der Waals surface area contributed by atoms with E-state index in [1.807, 2.05) is 11.2 Å². The van der Waals surface area contributed by atoms with Crippen LogP contribution in [0.1, 0.15) is 34.3 Å². The number of fused-ring (bicyclic) bond motifs is 1. The van der Waals surface area contributed by atoms with Crippen LogP contribution in [-0.2, 0) is 6.54 Å². The standard InChI is InChI=1S/C22H26N4O2/c1-15-11-19-20(12-16(15)2)26(14-24-19)13-17-6-9-25(10-7-17)22(27)18-5-4-8-23-21(18)28-3/h4-5,8,11-12,14,17H,6-7,9-10,13H2,1-3H3. The van der Waals surface area contributed by atoms with Crippen LogP contribution in [0.3, 0.4) is 0 Å². The van der Waals surface area contributed by atoms with Crippen molar-refractivity contribution in [1.82, 2.24) is 19.4 Å². The minimum absolute atomic E-state index is 0.00239. The van der Waals surface area contributed by atoms with E-state index in [4.69, 9.17) is 4.74 Å². The summed E-state index contributed by atoms with van der Waals surface area (Å²) in [5.74, 6) is 0.937. The van der Waals surface area contributed by atoms with Crippen molar-refractivity contribution in [3.05, 3.63) is 53.5 Å². The summed E-state index contributed by atoms with van der Waals surface area (Å²) < 4.78 is 7.50. The zero-order chi connectivity index (χ0) is 19.7. The number of piperidine rings is 1. The number of aromatic nitrogens is 3. The molecule has 2 aromatic heterocycles. The Morgan fingerprint density at radius 3 is 2.68 bits per heavy atom. The highest BCUT2D eigenvalue weighted by atomic mass is 16.5. The molecule has 6 heteroatoms. The van der Waals surface area contributed by atoms with Crippen LogP contribution < -0.4 is 4.74 Å². The zero-order valence-electron chi connectivity index (χ0n) is 16.7. The van der Waals surface area contributed by atoms with Gasteiger partial charge in [-0.1, -0.05) is 0 Å². The van der Waals surface area contributed by atoms with Crippen LogP contribution in [0.2, 0.25) is 0 Å². The number of carbonyl (C=O) groups is 1. The lowest BCUT2D eigenvalue weighted by atomic mass is 9.96. The molecule has 3 heterocycles. The maximum Gasteiger partial charge on any atom is 0.259 e. The molecule has 0 radical (unpaired) electrons. The first-order chi connectivity index (χ1) is 13.6. The summed E-state index contributed by atoms with van der Waals surface area (Å²) in [4.78, 5) is 23.5. The highest BCUT2D eigenvalue weighted by molar-refractivity contribution is 5.96.